The van der Waals surface area contributed by atoms with E-state index in [0.29, 0.717) is 11.6 Å². The summed E-state index contributed by atoms with van der Waals surface area (Å²) in [5, 5.41) is 2.70. The third-order valence-electron chi connectivity index (χ3n) is 2.89. The van der Waals surface area contributed by atoms with Crippen LogP contribution in [-0.4, -0.2) is 20.4 Å². The van der Waals surface area contributed by atoms with Gasteiger partial charge in [-0.25, -0.2) is 9.97 Å². The van der Waals surface area contributed by atoms with Gasteiger partial charge in [-0.05, 0) is 36.4 Å². The monoisotopic (exact) mass is 294 g/mol. The number of nitrogens with zero attached hydrogens (tertiary/aromatic N) is 3. The van der Waals surface area contributed by atoms with Gasteiger partial charge in [0.2, 0.25) is 11.8 Å². The van der Waals surface area contributed by atoms with Crippen LogP contribution in [0.25, 0.3) is 5.82 Å². The Morgan fingerprint density at radius 2 is 1.86 bits per heavy atom. The van der Waals surface area contributed by atoms with Gasteiger partial charge in [-0.3, -0.25) is 4.79 Å². The highest BCUT2D eigenvalue weighted by atomic mass is 16.5. The molecule has 110 valence electrons. The van der Waals surface area contributed by atoms with Gasteiger partial charge >= 0.3 is 0 Å². The quantitative estimate of drug-likeness (QED) is 0.803. The zero-order chi connectivity index (χ0) is 15.4. The number of nitrogens with one attached hydrogen (secondary N) is 1. The first-order valence-electron chi connectivity index (χ1n) is 6.71. The molecule has 0 atom stereocenters. The predicted molar refractivity (Wildman–Crippen MR) is 82.2 cm³/mol. The maximum atomic E-state index is 11.0. The first kappa shape index (κ1) is 13.8. The van der Waals surface area contributed by atoms with Crippen LogP contribution in [0.2, 0.25) is 0 Å². The molecule has 6 nitrogen and oxygen atoms in total. The minimum atomic E-state index is -0.110. The standard InChI is InChI=1S/C16H14N4O2/c1-12(21)19-13-4-6-14(7-5-13)22-16-10-15(17-11-18-16)20-8-2-3-9-20/h2-11H,1H3,(H,19,21). The average molecular weight is 294 g/mol. The second kappa shape index (κ2) is 6.09. The van der Waals surface area contributed by atoms with Crippen LogP contribution in [0.3, 0.4) is 0 Å². The average Bonchev–Trinajstić information content (AvgIpc) is 3.03. The highest BCUT2D eigenvalue weighted by molar-refractivity contribution is 5.88. The normalized spacial score (nSPS) is 10.2. The first-order chi connectivity index (χ1) is 10.7. The van der Waals surface area contributed by atoms with Crippen LogP contribution in [0, 0.1) is 0 Å². The van der Waals surface area contributed by atoms with Gasteiger partial charge in [0, 0.05) is 31.1 Å². The van der Waals surface area contributed by atoms with Crippen molar-refractivity contribution in [3.05, 3.63) is 61.2 Å². The van der Waals surface area contributed by atoms with Crippen molar-refractivity contribution < 1.29 is 9.53 Å². The third kappa shape index (κ3) is 3.29. The van der Waals surface area contributed by atoms with Gasteiger partial charge in [-0.2, -0.15) is 0 Å². The van der Waals surface area contributed by atoms with Crippen LogP contribution in [0.5, 0.6) is 11.6 Å². The highest BCUT2D eigenvalue weighted by Gasteiger charge is 2.03. The van der Waals surface area contributed by atoms with E-state index in [1.165, 1.54) is 13.3 Å². The molecule has 22 heavy (non-hydrogen) atoms. The van der Waals surface area contributed by atoms with E-state index in [1.54, 1.807) is 30.3 Å². The fraction of sp³-hybridized carbons (Fsp3) is 0.0625. The Hall–Kier alpha value is -3.15. The Kier molecular flexibility index (Phi) is 3.82. The molecule has 1 N–H and O–H groups in total. The van der Waals surface area contributed by atoms with E-state index in [9.17, 15) is 4.79 Å². The molecular weight excluding hydrogens is 280 g/mol. The van der Waals surface area contributed by atoms with Crippen LogP contribution < -0.4 is 10.1 Å². The summed E-state index contributed by atoms with van der Waals surface area (Å²) in [5.74, 6) is 1.70. The molecule has 0 aliphatic carbocycles. The molecule has 1 amide bonds. The topological polar surface area (TPSA) is 69.0 Å². The van der Waals surface area contributed by atoms with Crippen LogP contribution in [0.1, 0.15) is 6.92 Å². The van der Waals surface area contributed by atoms with Gasteiger partial charge in [0.05, 0.1) is 0 Å². The summed E-state index contributed by atoms with van der Waals surface area (Å²) >= 11 is 0. The Balaban J connectivity index is 1.76. The predicted octanol–water partition coefficient (Wildman–Crippen LogP) is 3.02. The number of amides is 1. The number of anilines is 1. The molecule has 0 saturated heterocycles. The summed E-state index contributed by atoms with van der Waals surface area (Å²) in [6.07, 6.45) is 5.25. The van der Waals surface area contributed by atoms with Crippen molar-refractivity contribution >= 4 is 11.6 Å². The largest absolute Gasteiger partial charge is 0.439 e. The number of carbonyl (C=O) groups is 1. The van der Waals surface area contributed by atoms with E-state index < -0.39 is 0 Å². The molecule has 0 unspecified atom stereocenters. The van der Waals surface area contributed by atoms with Crippen molar-refractivity contribution in [3.63, 3.8) is 0 Å². The lowest BCUT2D eigenvalue weighted by Gasteiger charge is -2.07. The summed E-state index contributed by atoms with van der Waals surface area (Å²) in [7, 11) is 0. The van der Waals surface area contributed by atoms with E-state index in [1.807, 2.05) is 29.1 Å². The van der Waals surface area contributed by atoms with E-state index in [2.05, 4.69) is 15.3 Å². The van der Waals surface area contributed by atoms with Gasteiger partial charge in [0.25, 0.3) is 0 Å². The number of hydrogen-bond donors (Lipinski definition) is 1. The lowest BCUT2D eigenvalue weighted by atomic mass is 10.3. The van der Waals surface area contributed by atoms with Gasteiger partial charge in [-0.15, -0.1) is 0 Å². The molecule has 3 rings (SSSR count). The summed E-state index contributed by atoms with van der Waals surface area (Å²) in [5.41, 5.74) is 0.718. The summed E-state index contributed by atoms with van der Waals surface area (Å²) in [4.78, 5) is 19.3. The molecule has 0 saturated carbocycles. The third-order valence-corrected chi connectivity index (χ3v) is 2.89. The zero-order valence-corrected chi connectivity index (χ0v) is 11.9. The minimum absolute atomic E-state index is 0.110. The Labute approximate surface area is 127 Å². The van der Waals surface area contributed by atoms with E-state index in [4.69, 9.17) is 4.74 Å². The van der Waals surface area contributed by atoms with Crippen molar-refractivity contribution in [2.24, 2.45) is 0 Å². The van der Waals surface area contributed by atoms with E-state index >= 15 is 0 Å². The van der Waals surface area contributed by atoms with Crippen molar-refractivity contribution in [2.45, 2.75) is 6.92 Å². The van der Waals surface area contributed by atoms with Crippen LogP contribution in [0.15, 0.2) is 61.2 Å². The smallest absolute Gasteiger partial charge is 0.224 e. The van der Waals surface area contributed by atoms with Gasteiger partial charge < -0.3 is 14.6 Å². The van der Waals surface area contributed by atoms with Gasteiger partial charge in [0.15, 0.2) is 0 Å². The van der Waals surface area contributed by atoms with Crippen LogP contribution >= 0.6 is 0 Å². The second-order valence-electron chi connectivity index (χ2n) is 4.61. The fourth-order valence-corrected chi connectivity index (χ4v) is 1.94. The summed E-state index contributed by atoms with van der Waals surface area (Å²) in [6.45, 7) is 1.47. The number of hydrogen-bond acceptors (Lipinski definition) is 4. The zero-order valence-electron chi connectivity index (χ0n) is 11.9. The Morgan fingerprint density at radius 3 is 2.55 bits per heavy atom. The highest BCUT2D eigenvalue weighted by Crippen LogP contribution is 2.22. The molecule has 0 aliphatic rings. The van der Waals surface area contributed by atoms with Crippen molar-refractivity contribution in [1.82, 2.24) is 14.5 Å². The first-order valence-corrected chi connectivity index (χ1v) is 6.71. The van der Waals surface area contributed by atoms with Crippen molar-refractivity contribution in [1.29, 1.82) is 0 Å². The molecular formula is C16H14N4O2. The number of benzene rings is 1. The molecule has 1 aromatic carbocycles. The number of ether oxygens (including phenoxy) is 1. The SMILES string of the molecule is CC(=O)Nc1ccc(Oc2cc(-n3cccc3)ncn2)cc1. The van der Waals surface area contributed by atoms with E-state index in [-0.39, 0.29) is 5.91 Å². The van der Waals surface area contributed by atoms with Crippen LogP contribution in [-0.2, 0) is 4.79 Å². The molecule has 3 aromatic rings. The van der Waals surface area contributed by atoms with Crippen molar-refractivity contribution in [3.8, 4) is 17.4 Å². The number of carbonyl (C=O) groups excluding carboxylic acids is 1. The molecule has 2 aromatic heterocycles. The lowest BCUT2D eigenvalue weighted by molar-refractivity contribution is -0.114. The molecule has 0 spiro atoms. The molecule has 0 aliphatic heterocycles. The maximum Gasteiger partial charge on any atom is 0.224 e. The Bertz CT molecular complexity index is 767. The van der Waals surface area contributed by atoms with Gasteiger partial charge in [0.1, 0.15) is 17.9 Å². The van der Waals surface area contributed by atoms with Crippen LogP contribution in [0.4, 0.5) is 5.69 Å². The lowest BCUT2D eigenvalue weighted by Crippen LogP contribution is -2.05. The number of aromatic nitrogens is 3. The summed E-state index contributed by atoms with van der Waals surface area (Å²) < 4.78 is 7.57. The molecule has 2 heterocycles. The van der Waals surface area contributed by atoms with Crippen molar-refractivity contribution in [2.75, 3.05) is 5.32 Å². The molecule has 0 fully saturated rings. The fourth-order valence-electron chi connectivity index (χ4n) is 1.94. The Morgan fingerprint density at radius 1 is 1.14 bits per heavy atom. The maximum absolute atomic E-state index is 11.0. The second-order valence-corrected chi connectivity index (χ2v) is 4.61. The van der Waals surface area contributed by atoms with Gasteiger partial charge in [-0.1, -0.05) is 0 Å². The molecule has 0 radical (unpaired) electrons. The minimum Gasteiger partial charge on any atom is -0.439 e. The van der Waals surface area contributed by atoms with E-state index in [0.717, 1.165) is 11.5 Å². The molecule has 6 heteroatoms. The number of rotatable bonds is 4. The molecule has 0 bridgehead atoms. The summed E-state index contributed by atoms with van der Waals surface area (Å²) in [6, 6.07) is 12.7.